The number of ketones is 2. The van der Waals surface area contributed by atoms with Crippen LogP contribution in [0.5, 0.6) is 0 Å². The van der Waals surface area contributed by atoms with Gasteiger partial charge in [0.25, 0.3) is 0 Å². The Bertz CT molecular complexity index is 1730. The van der Waals surface area contributed by atoms with E-state index in [0.29, 0.717) is 21.8 Å². The van der Waals surface area contributed by atoms with Crippen molar-refractivity contribution in [3.63, 3.8) is 0 Å². The van der Waals surface area contributed by atoms with Gasteiger partial charge in [0, 0.05) is 33.1 Å². The van der Waals surface area contributed by atoms with Crippen LogP contribution in [-0.2, 0) is 10.2 Å². The minimum absolute atomic E-state index is 0.229. The summed E-state index contributed by atoms with van der Waals surface area (Å²) >= 11 is 6.17. The second-order valence-corrected chi connectivity index (χ2v) is 11.0. The normalized spacial score (nSPS) is 24.1. The van der Waals surface area contributed by atoms with Crippen molar-refractivity contribution < 1.29 is 14.4 Å². The highest BCUT2D eigenvalue weighted by molar-refractivity contribution is 6.30. The number of fused-ring (bicyclic) bond motifs is 6. The van der Waals surface area contributed by atoms with Crippen molar-refractivity contribution >= 4 is 46.0 Å². The number of nitrogens with zero attached hydrogens (tertiary/aromatic N) is 1. The molecule has 3 aliphatic rings. The first kappa shape index (κ1) is 24.6. The third-order valence-electron chi connectivity index (χ3n) is 8.62. The molecule has 0 bridgehead atoms. The van der Waals surface area contributed by atoms with Gasteiger partial charge in [-0.2, -0.15) is 0 Å². The maximum Gasteiger partial charge on any atom is 0.238 e. The largest absolute Gasteiger partial charge is 0.352 e. The number of allylic oxidation sites excluding steroid dienone is 1. The summed E-state index contributed by atoms with van der Waals surface area (Å²) in [5, 5.41) is 3.58. The molecule has 1 N–H and O–H groups in total. The smallest absolute Gasteiger partial charge is 0.238 e. The number of hydrogen-bond donors (Lipinski definition) is 1. The molecule has 3 heterocycles. The lowest BCUT2D eigenvalue weighted by Gasteiger charge is -2.39. The summed E-state index contributed by atoms with van der Waals surface area (Å²) in [6.07, 6.45) is 2.06. The molecule has 4 aromatic carbocycles. The number of nitrogens with one attached hydrogen (secondary N) is 1. The van der Waals surface area contributed by atoms with Crippen molar-refractivity contribution in [3.8, 4) is 0 Å². The summed E-state index contributed by atoms with van der Waals surface area (Å²) in [5.74, 6) is -1.74. The Morgan fingerprint density at radius 1 is 0.800 bits per heavy atom. The zero-order valence-electron chi connectivity index (χ0n) is 21.7. The SMILES string of the molecule is CC1=C[C@H]2N(c3ccccc31)[C@@H](C(=O)c1ccc(Cl)cc1)[C@@H](C(=O)c1ccccc1)[C@]21C(=O)Nc2ccccc21. The van der Waals surface area contributed by atoms with Crippen molar-refractivity contribution in [3.05, 3.63) is 136 Å². The minimum Gasteiger partial charge on any atom is -0.352 e. The average molecular weight is 545 g/mol. The minimum atomic E-state index is -1.33. The molecule has 4 atom stereocenters. The molecule has 1 spiro atoms. The van der Waals surface area contributed by atoms with E-state index in [1.165, 1.54) is 0 Å². The van der Waals surface area contributed by atoms with Crippen molar-refractivity contribution in [1.82, 2.24) is 0 Å². The third-order valence-corrected chi connectivity index (χ3v) is 8.87. The lowest BCUT2D eigenvalue weighted by Crippen LogP contribution is -2.51. The molecule has 0 aliphatic carbocycles. The molecular formula is C34H25ClN2O3. The van der Waals surface area contributed by atoms with Gasteiger partial charge in [-0.1, -0.05) is 84.4 Å². The first-order valence-corrected chi connectivity index (χ1v) is 13.7. The van der Waals surface area contributed by atoms with Crippen LogP contribution in [0.1, 0.15) is 38.8 Å². The highest BCUT2D eigenvalue weighted by Gasteiger charge is 2.70. The Hall–Kier alpha value is -4.48. The van der Waals surface area contributed by atoms with E-state index in [1.54, 1.807) is 48.5 Å². The van der Waals surface area contributed by atoms with E-state index in [0.717, 1.165) is 22.4 Å². The van der Waals surface area contributed by atoms with Gasteiger partial charge in [0.05, 0.1) is 12.0 Å². The average Bonchev–Trinajstić information content (AvgIpc) is 3.45. The Morgan fingerprint density at radius 3 is 2.23 bits per heavy atom. The van der Waals surface area contributed by atoms with Crippen LogP contribution in [0.15, 0.2) is 109 Å². The molecule has 0 radical (unpaired) electrons. The molecule has 0 aromatic heterocycles. The summed E-state index contributed by atoms with van der Waals surface area (Å²) in [5.41, 5.74) is 3.78. The highest BCUT2D eigenvalue weighted by atomic mass is 35.5. The topological polar surface area (TPSA) is 66.5 Å². The summed E-state index contributed by atoms with van der Waals surface area (Å²) in [6, 6.07) is 29.6. The lowest BCUT2D eigenvalue weighted by molar-refractivity contribution is -0.121. The number of carbonyl (C=O) groups is 3. The fraction of sp³-hybridized carbons (Fsp3) is 0.147. The maximum atomic E-state index is 14.7. The Labute approximate surface area is 237 Å². The van der Waals surface area contributed by atoms with E-state index in [9.17, 15) is 14.4 Å². The van der Waals surface area contributed by atoms with E-state index in [-0.39, 0.29) is 17.5 Å². The number of Topliss-reactive ketones (excluding diaryl/α,β-unsaturated/α-hetero) is 2. The van der Waals surface area contributed by atoms with E-state index >= 15 is 0 Å². The van der Waals surface area contributed by atoms with Gasteiger partial charge in [-0.3, -0.25) is 14.4 Å². The molecule has 1 fully saturated rings. The number of benzene rings is 4. The second kappa shape index (κ2) is 9.04. The number of halogens is 1. The van der Waals surface area contributed by atoms with Crippen molar-refractivity contribution in [2.75, 3.05) is 10.2 Å². The molecule has 4 aromatic rings. The summed E-state index contributed by atoms with van der Waals surface area (Å²) in [7, 11) is 0. The molecular weight excluding hydrogens is 520 g/mol. The third kappa shape index (κ3) is 3.31. The second-order valence-electron chi connectivity index (χ2n) is 10.6. The molecule has 7 rings (SSSR count). The van der Waals surface area contributed by atoms with Gasteiger partial charge >= 0.3 is 0 Å². The number of rotatable bonds is 4. The van der Waals surface area contributed by atoms with E-state index < -0.39 is 23.4 Å². The van der Waals surface area contributed by atoms with Crippen molar-refractivity contribution in [2.24, 2.45) is 5.92 Å². The van der Waals surface area contributed by atoms with Crippen molar-refractivity contribution in [2.45, 2.75) is 24.4 Å². The van der Waals surface area contributed by atoms with Gasteiger partial charge in [0.1, 0.15) is 11.5 Å². The monoisotopic (exact) mass is 544 g/mol. The van der Waals surface area contributed by atoms with Gasteiger partial charge in [0.2, 0.25) is 5.91 Å². The van der Waals surface area contributed by atoms with Crippen LogP contribution in [0.25, 0.3) is 5.57 Å². The summed E-state index contributed by atoms with van der Waals surface area (Å²) in [6.45, 7) is 2.02. The fourth-order valence-electron chi connectivity index (χ4n) is 6.95. The standard InChI is InChI=1S/C34H25ClN2O3/c1-20-19-28-34(25-12-6-7-13-26(25)36-33(34)40)29(31(38)21-9-3-2-4-10-21)30(32(39)22-15-17-23(35)18-16-22)37(28)27-14-8-5-11-24(20)27/h2-19,28-30H,1H3,(H,36,40)/t28-,29+,30-,34-/m1/s1. The molecule has 196 valence electrons. The predicted molar refractivity (Wildman–Crippen MR) is 157 cm³/mol. The van der Waals surface area contributed by atoms with Crippen LogP contribution in [-0.4, -0.2) is 29.6 Å². The van der Waals surface area contributed by atoms with Crippen LogP contribution in [0.4, 0.5) is 11.4 Å². The summed E-state index contributed by atoms with van der Waals surface area (Å²) < 4.78 is 0. The Balaban J connectivity index is 1.56. The first-order valence-electron chi connectivity index (χ1n) is 13.3. The molecule has 0 unspecified atom stereocenters. The molecule has 1 amide bonds. The van der Waals surface area contributed by atoms with Crippen LogP contribution in [0.3, 0.4) is 0 Å². The number of amides is 1. The number of hydrogen-bond acceptors (Lipinski definition) is 4. The van der Waals surface area contributed by atoms with Crippen LogP contribution >= 0.6 is 11.6 Å². The Morgan fingerprint density at radius 2 is 1.45 bits per heavy atom. The van der Waals surface area contributed by atoms with Gasteiger partial charge in [-0.05, 0) is 54.5 Å². The number of para-hydroxylation sites is 2. The van der Waals surface area contributed by atoms with Crippen LogP contribution in [0.2, 0.25) is 5.02 Å². The van der Waals surface area contributed by atoms with Gasteiger partial charge < -0.3 is 10.2 Å². The van der Waals surface area contributed by atoms with Crippen molar-refractivity contribution in [1.29, 1.82) is 0 Å². The van der Waals surface area contributed by atoms with Crippen LogP contribution < -0.4 is 10.2 Å². The van der Waals surface area contributed by atoms with E-state index in [2.05, 4.69) is 11.4 Å². The van der Waals surface area contributed by atoms with Gasteiger partial charge in [-0.25, -0.2) is 0 Å². The predicted octanol–water partition coefficient (Wildman–Crippen LogP) is 6.59. The van der Waals surface area contributed by atoms with E-state index in [1.807, 2.05) is 66.4 Å². The molecule has 6 heteroatoms. The highest BCUT2D eigenvalue weighted by Crippen LogP contribution is 2.58. The molecule has 1 saturated heterocycles. The zero-order valence-corrected chi connectivity index (χ0v) is 22.4. The molecule has 0 saturated carbocycles. The van der Waals surface area contributed by atoms with Gasteiger partial charge in [0.15, 0.2) is 11.6 Å². The molecule has 5 nitrogen and oxygen atoms in total. The summed E-state index contributed by atoms with van der Waals surface area (Å²) in [4.78, 5) is 45.7. The molecule has 3 aliphatic heterocycles. The number of anilines is 2. The van der Waals surface area contributed by atoms with Gasteiger partial charge in [-0.15, -0.1) is 0 Å². The first-order chi connectivity index (χ1) is 19.4. The Kier molecular flexibility index (Phi) is 5.55. The lowest BCUT2D eigenvalue weighted by atomic mass is 9.64. The van der Waals surface area contributed by atoms with E-state index in [4.69, 9.17) is 11.6 Å². The number of carbonyl (C=O) groups excluding carboxylic acids is 3. The quantitative estimate of drug-likeness (QED) is 0.294. The molecule has 40 heavy (non-hydrogen) atoms. The van der Waals surface area contributed by atoms with Crippen LogP contribution in [0, 0.1) is 5.92 Å². The zero-order chi connectivity index (χ0) is 27.6. The maximum absolute atomic E-state index is 14.7. The fourth-order valence-corrected chi connectivity index (χ4v) is 7.08.